The monoisotopic (exact) mass is 315 g/mol. The third-order valence-electron chi connectivity index (χ3n) is 3.38. The highest BCUT2D eigenvalue weighted by molar-refractivity contribution is 5.88. The number of benzene rings is 2. The molecule has 0 aliphatic heterocycles. The van der Waals surface area contributed by atoms with Crippen LogP contribution in [-0.2, 0) is 0 Å². The van der Waals surface area contributed by atoms with E-state index in [4.69, 9.17) is 9.15 Å². The molecule has 23 heavy (non-hydrogen) atoms. The number of ether oxygens (including phenoxy) is 1. The van der Waals surface area contributed by atoms with Crippen molar-refractivity contribution in [3.63, 3.8) is 0 Å². The SMILES string of the molecule is COc1cc(O)c2c(=O)c([O-])c(-c3ccc(O)c(O)c3)oc2c1. The summed E-state index contributed by atoms with van der Waals surface area (Å²) in [7, 11) is 1.37. The zero-order valence-electron chi connectivity index (χ0n) is 11.9. The molecule has 0 saturated carbocycles. The Labute approximate surface area is 129 Å². The second kappa shape index (κ2) is 5.13. The van der Waals surface area contributed by atoms with Gasteiger partial charge in [0.15, 0.2) is 16.9 Å². The zero-order chi connectivity index (χ0) is 16.7. The lowest BCUT2D eigenvalue weighted by Gasteiger charge is -2.14. The van der Waals surface area contributed by atoms with Crippen LogP contribution in [0.15, 0.2) is 39.5 Å². The molecule has 1 heterocycles. The number of rotatable bonds is 2. The summed E-state index contributed by atoms with van der Waals surface area (Å²) in [6, 6.07) is 6.14. The van der Waals surface area contributed by atoms with Gasteiger partial charge in [0.1, 0.15) is 28.2 Å². The predicted octanol–water partition coefficient (Wildman–Crippen LogP) is 1.66. The lowest BCUT2D eigenvalue weighted by Crippen LogP contribution is -2.11. The smallest absolute Gasteiger partial charge is 0.189 e. The molecule has 3 aromatic rings. The van der Waals surface area contributed by atoms with E-state index in [1.165, 1.54) is 25.3 Å². The molecule has 0 aliphatic rings. The van der Waals surface area contributed by atoms with Crippen LogP contribution in [0.5, 0.6) is 28.7 Å². The molecular weight excluding hydrogens is 304 g/mol. The summed E-state index contributed by atoms with van der Waals surface area (Å²) in [4.78, 5) is 12.2. The van der Waals surface area contributed by atoms with E-state index in [0.29, 0.717) is 0 Å². The van der Waals surface area contributed by atoms with Crippen LogP contribution in [0.3, 0.4) is 0 Å². The van der Waals surface area contributed by atoms with Crippen molar-refractivity contribution in [2.75, 3.05) is 7.11 Å². The Morgan fingerprint density at radius 1 is 1.04 bits per heavy atom. The van der Waals surface area contributed by atoms with E-state index >= 15 is 0 Å². The van der Waals surface area contributed by atoms with E-state index < -0.39 is 22.7 Å². The van der Waals surface area contributed by atoms with Gasteiger partial charge in [0.2, 0.25) is 0 Å². The van der Waals surface area contributed by atoms with Crippen LogP contribution in [0.25, 0.3) is 22.3 Å². The van der Waals surface area contributed by atoms with Crippen molar-refractivity contribution >= 4 is 11.0 Å². The minimum absolute atomic E-state index is 0.0333. The average molecular weight is 315 g/mol. The molecule has 0 unspecified atom stereocenters. The first kappa shape index (κ1) is 14.6. The summed E-state index contributed by atoms with van der Waals surface area (Å²) in [5.74, 6) is -2.29. The van der Waals surface area contributed by atoms with Gasteiger partial charge in [-0.2, -0.15) is 0 Å². The number of hydrogen-bond donors (Lipinski definition) is 3. The van der Waals surface area contributed by atoms with Gasteiger partial charge in [-0.3, -0.25) is 4.79 Å². The molecule has 1 aromatic heterocycles. The van der Waals surface area contributed by atoms with Crippen LogP contribution in [-0.4, -0.2) is 22.4 Å². The van der Waals surface area contributed by atoms with Crippen LogP contribution in [0, 0.1) is 0 Å². The molecule has 0 fully saturated rings. The molecule has 0 aliphatic carbocycles. The van der Waals surface area contributed by atoms with Crippen molar-refractivity contribution in [2.24, 2.45) is 0 Å². The van der Waals surface area contributed by atoms with Crippen molar-refractivity contribution < 1.29 is 29.6 Å². The van der Waals surface area contributed by atoms with E-state index in [1.54, 1.807) is 0 Å². The topological polar surface area (TPSA) is 123 Å². The van der Waals surface area contributed by atoms with Gasteiger partial charge in [0, 0.05) is 17.7 Å². The van der Waals surface area contributed by atoms with Crippen LogP contribution < -0.4 is 15.3 Å². The van der Waals surface area contributed by atoms with Gasteiger partial charge in [-0.05, 0) is 23.9 Å². The first-order chi connectivity index (χ1) is 10.9. The van der Waals surface area contributed by atoms with E-state index in [0.717, 1.165) is 12.1 Å². The number of phenols is 3. The molecule has 0 amide bonds. The largest absolute Gasteiger partial charge is 0.867 e. The Hall–Kier alpha value is -3.35. The molecule has 118 valence electrons. The molecular formula is C16H11O7-. The molecule has 7 heteroatoms. The highest BCUT2D eigenvalue weighted by Gasteiger charge is 2.15. The van der Waals surface area contributed by atoms with Gasteiger partial charge in [0.25, 0.3) is 0 Å². The summed E-state index contributed by atoms with van der Waals surface area (Å²) in [5, 5.41) is 40.7. The first-order valence-electron chi connectivity index (χ1n) is 6.49. The molecule has 7 nitrogen and oxygen atoms in total. The van der Waals surface area contributed by atoms with Gasteiger partial charge in [0.05, 0.1) is 7.11 Å². The maximum Gasteiger partial charge on any atom is 0.189 e. The minimum Gasteiger partial charge on any atom is -0.867 e. The lowest BCUT2D eigenvalue weighted by atomic mass is 10.1. The molecule has 0 saturated heterocycles. The third-order valence-corrected chi connectivity index (χ3v) is 3.38. The van der Waals surface area contributed by atoms with Crippen molar-refractivity contribution in [3.8, 4) is 40.1 Å². The lowest BCUT2D eigenvalue weighted by molar-refractivity contribution is -0.270. The van der Waals surface area contributed by atoms with Crippen LogP contribution in [0.2, 0.25) is 0 Å². The van der Waals surface area contributed by atoms with Gasteiger partial charge >= 0.3 is 0 Å². The maximum absolute atomic E-state index is 12.2. The highest BCUT2D eigenvalue weighted by Crippen LogP contribution is 2.36. The van der Waals surface area contributed by atoms with Crippen LogP contribution >= 0.6 is 0 Å². The van der Waals surface area contributed by atoms with Gasteiger partial charge in [-0.15, -0.1) is 0 Å². The summed E-state index contributed by atoms with van der Waals surface area (Å²) in [5.41, 5.74) is -0.852. The normalized spacial score (nSPS) is 10.8. The second-order valence-corrected chi connectivity index (χ2v) is 4.81. The zero-order valence-corrected chi connectivity index (χ0v) is 11.9. The van der Waals surface area contributed by atoms with Gasteiger partial charge < -0.3 is 29.6 Å². The van der Waals surface area contributed by atoms with Gasteiger partial charge in [-0.1, -0.05) is 0 Å². The quantitative estimate of drug-likeness (QED) is 0.614. The van der Waals surface area contributed by atoms with Crippen molar-refractivity contribution in [2.45, 2.75) is 0 Å². The summed E-state index contributed by atoms with van der Waals surface area (Å²) < 4.78 is 10.4. The molecule has 3 rings (SSSR count). The fourth-order valence-electron chi connectivity index (χ4n) is 2.23. The Balaban J connectivity index is 2.36. The summed E-state index contributed by atoms with van der Waals surface area (Å²) in [6.45, 7) is 0. The fourth-order valence-corrected chi connectivity index (χ4v) is 2.23. The standard InChI is InChI=1S/C16H12O7/c1-22-8-5-11(19)13-12(6-8)23-16(15(21)14(13)20)7-2-3-9(17)10(18)4-7/h2-6,17-19,21H,1H3/p-1. The van der Waals surface area contributed by atoms with Gasteiger partial charge in [-0.25, -0.2) is 0 Å². The molecule has 0 spiro atoms. The Morgan fingerprint density at radius 3 is 2.43 bits per heavy atom. The number of hydrogen-bond acceptors (Lipinski definition) is 7. The number of fused-ring (bicyclic) bond motifs is 1. The van der Waals surface area contributed by atoms with Crippen molar-refractivity contribution in [3.05, 3.63) is 40.6 Å². The Kier molecular flexibility index (Phi) is 3.25. The minimum atomic E-state index is -0.969. The molecule has 0 radical (unpaired) electrons. The molecule has 2 aromatic carbocycles. The predicted molar refractivity (Wildman–Crippen MR) is 78.9 cm³/mol. The highest BCUT2D eigenvalue weighted by atomic mass is 16.5. The number of phenolic OH excluding ortho intramolecular Hbond substituents is 3. The van der Waals surface area contributed by atoms with Crippen molar-refractivity contribution in [1.29, 1.82) is 0 Å². The van der Waals surface area contributed by atoms with E-state index in [1.807, 2.05) is 0 Å². The maximum atomic E-state index is 12.2. The van der Waals surface area contributed by atoms with E-state index in [-0.39, 0.29) is 33.8 Å². The van der Waals surface area contributed by atoms with E-state index in [2.05, 4.69) is 0 Å². The average Bonchev–Trinajstić information content (AvgIpc) is 2.52. The molecule has 0 bridgehead atoms. The van der Waals surface area contributed by atoms with Crippen LogP contribution in [0.4, 0.5) is 0 Å². The Bertz CT molecular complexity index is 972. The Morgan fingerprint density at radius 2 is 1.78 bits per heavy atom. The second-order valence-electron chi connectivity index (χ2n) is 4.81. The number of methoxy groups -OCH3 is 1. The fraction of sp³-hybridized carbons (Fsp3) is 0.0625. The third kappa shape index (κ3) is 2.28. The summed E-state index contributed by atoms with van der Waals surface area (Å²) >= 11 is 0. The molecule has 3 N–H and O–H groups in total. The van der Waals surface area contributed by atoms with E-state index in [9.17, 15) is 25.2 Å². The summed E-state index contributed by atoms with van der Waals surface area (Å²) in [6.07, 6.45) is 0. The van der Waals surface area contributed by atoms with Crippen LogP contribution in [0.1, 0.15) is 0 Å². The van der Waals surface area contributed by atoms with Crippen molar-refractivity contribution in [1.82, 2.24) is 0 Å². The first-order valence-corrected chi connectivity index (χ1v) is 6.49. The molecule has 0 atom stereocenters. The number of aromatic hydroxyl groups is 3.